The smallest absolute Gasteiger partial charge is 0.173 e. The van der Waals surface area contributed by atoms with Gasteiger partial charge in [0.05, 0.1) is 29.7 Å². The van der Waals surface area contributed by atoms with Gasteiger partial charge in [-0.2, -0.15) is 5.10 Å². The molecule has 0 bridgehead atoms. The van der Waals surface area contributed by atoms with Crippen LogP contribution in [-0.2, 0) is 13.6 Å². The molecule has 4 aromatic rings. The van der Waals surface area contributed by atoms with E-state index in [4.69, 9.17) is 9.84 Å². The van der Waals surface area contributed by atoms with E-state index in [9.17, 15) is 4.39 Å². The molecule has 5 rings (SSSR count). The average molecular weight is 423 g/mol. The van der Waals surface area contributed by atoms with Gasteiger partial charge in [-0.05, 0) is 13.0 Å². The van der Waals surface area contributed by atoms with Crippen LogP contribution in [0.4, 0.5) is 15.8 Å². The molecule has 0 amide bonds. The Labute approximate surface area is 179 Å². The minimum absolute atomic E-state index is 0.331. The fourth-order valence-electron chi connectivity index (χ4n) is 4.30. The van der Waals surface area contributed by atoms with Gasteiger partial charge < -0.3 is 24.7 Å². The Hall–Kier alpha value is -3.33. The highest BCUT2D eigenvalue weighted by Crippen LogP contribution is 2.38. The lowest BCUT2D eigenvalue weighted by molar-refractivity contribution is 0.413. The van der Waals surface area contributed by atoms with Gasteiger partial charge in [0.1, 0.15) is 5.75 Å². The summed E-state index contributed by atoms with van der Waals surface area (Å²) in [5.41, 5.74) is 4.78. The summed E-state index contributed by atoms with van der Waals surface area (Å²) < 4.78 is 23.8. The van der Waals surface area contributed by atoms with Crippen LogP contribution in [0.5, 0.6) is 5.75 Å². The number of ether oxygens (including phenoxy) is 1. The van der Waals surface area contributed by atoms with Crippen molar-refractivity contribution in [2.75, 3.05) is 43.5 Å². The largest absolute Gasteiger partial charge is 0.495 e. The minimum Gasteiger partial charge on any atom is -0.495 e. The molecular weight excluding hydrogens is 397 g/mol. The number of fused-ring (bicyclic) bond motifs is 2. The van der Waals surface area contributed by atoms with Gasteiger partial charge in [-0.3, -0.25) is 4.68 Å². The van der Waals surface area contributed by atoms with E-state index in [1.54, 1.807) is 11.5 Å². The van der Waals surface area contributed by atoms with Crippen LogP contribution in [0.1, 0.15) is 11.3 Å². The molecule has 0 radical (unpaired) electrons. The number of methoxy groups -OCH3 is 1. The molecule has 0 spiro atoms. The predicted octanol–water partition coefficient (Wildman–Crippen LogP) is 2.70. The first-order valence-corrected chi connectivity index (χ1v) is 10.4. The molecule has 1 aliphatic heterocycles. The molecule has 0 aliphatic carbocycles. The maximum absolute atomic E-state index is 14.5. The summed E-state index contributed by atoms with van der Waals surface area (Å²) in [6.07, 6.45) is 5.70. The zero-order valence-corrected chi connectivity index (χ0v) is 17.9. The number of aryl methyl sites for hydroxylation is 2. The van der Waals surface area contributed by atoms with Crippen molar-refractivity contribution in [2.24, 2.45) is 7.05 Å². The fourth-order valence-corrected chi connectivity index (χ4v) is 4.30. The zero-order chi connectivity index (χ0) is 21.5. The summed E-state index contributed by atoms with van der Waals surface area (Å²) in [4.78, 5) is 6.56. The predicted molar refractivity (Wildman–Crippen MR) is 120 cm³/mol. The molecular formula is C22H26FN7O. The van der Waals surface area contributed by atoms with Crippen molar-refractivity contribution in [2.45, 2.75) is 13.5 Å². The summed E-state index contributed by atoms with van der Waals surface area (Å²) in [7, 11) is 3.63. The number of nitrogens with one attached hydrogen (secondary N) is 2. The van der Waals surface area contributed by atoms with E-state index < -0.39 is 0 Å². The highest BCUT2D eigenvalue weighted by atomic mass is 19.1. The summed E-state index contributed by atoms with van der Waals surface area (Å²) in [5.74, 6) is 0.471. The van der Waals surface area contributed by atoms with Crippen molar-refractivity contribution in [1.82, 2.24) is 24.5 Å². The van der Waals surface area contributed by atoms with E-state index >= 15 is 0 Å². The SMILES string of the molecule is COc1cc(CNc2cc(F)c3nc(C)cn3c2)c2nn(C)cc2c1N1CCNCC1. The topological polar surface area (TPSA) is 71.7 Å². The highest BCUT2D eigenvalue weighted by Gasteiger charge is 2.22. The Kier molecular flexibility index (Phi) is 4.90. The van der Waals surface area contributed by atoms with Crippen molar-refractivity contribution in [1.29, 1.82) is 0 Å². The normalized spacial score (nSPS) is 14.5. The van der Waals surface area contributed by atoms with Crippen LogP contribution in [0.15, 0.2) is 30.7 Å². The van der Waals surface area contributed by atoms with Crippen LogP contribution in [0.2, 0.25) is 0 Å². The standard InChI is InChI=1S/C22H26FN7O/c1-14-11-30-12-16(9-18(23)22(30)26-14)25-10-15-8-19(31-3)21(29-6-4-24-5-7-29)17-13-28(2)27-20(15)17/h8-9,11-13,24-25H,4-7,10H2,1-3H3. The Bertz CT molecular complexity index is 1260. The number of imidazole rings is 1. The molecule has 0 saturated carbocycles. The monoisotopic (exact) mass is 423 g/mol. The molecule has 1 aliphatic rings. The van der Waals surface area contributed by atoms with Crippen LogP contribution in [0, 0.1) is 12.7 Å². The van der Waals surface area contributed by atoms with E-state index in [2.05, 4.69) is 20.5 Å². The number of piperazine rings is 1. The lowest BCUT2D eigenvalue weighted by Gasteiger charge is -2.31. The Morgan fingerprint density at radius 1 is 1.19 bits per heavy atom. The van der Waals surface area contributed by atoms with Crippen LogP contribution in [-0.4, -0.2) is 52.5 Å². The first-order valence-electron chi connectivity index (χ1n) is 10.4. The van der Waals surface area contributed by atoms with Crippen LogP contribution >= 0.6 is 0 Å². The molecule has 2 N–H and O–H groups in total. The third-order valence-corrected chi connectivity index (χ3v) is 5.69. The van der Waals surface area contributed by atoms with Gasteiger partial charge in [0.25, 0.3) is 0 Å². The molecule has 3 aromatic heterocycles. The number of hydrogen-bond acceptors (Lipinski definition) is 6. The molecule has 31 heavy (non-hydrogen) atoms. The summed E-state index contributed by atoms with van der Waals surface area (Å²) >= 11 is 0. The molecule has 162 valence electrons. The molecule has 1 aromatic carbocycles. The summed E-state index contributed by atoms with van der Waals surface area (Å²) in [6, 6.07) is 3.51. The maximum Gasteiger partial charge on any atom is 0.173 e. The second-order valence-corrected chi connectivity index (χ2v) is 7.93. The minimum atomic E-state index is -0.354. The van der Waals surface area contributed by atoms with Gasteiger partial charge in [0.15, 0.2) is 11.5 Å². The third-order valence-electron chi connectivity index (χ3n) is 5.69. The van der Waals surface area contributed by atoms with Gasteiger partial charge in [-0.25, -0.2) is 9.37 Å². The second-order valence-electron chi connectivity index (χ2n) is 7.93. The van der Waals surface area contributed by atoms with Gasteiger partial charge in [0.2, 0.25) is 0 Å². The molecule has 1 saturated heterocycles. The van der Waals surface area contributed by atoms with E-state index in [0.29, 0.717) is 17.9 Å². The number of rotatable bonds is 5. The second kappa shape index (κ2) is 7.73. The van der Waals surface area contributed by atoms with Crippen LogP contribution in [0.25, 0.3) is 16.6 Å². The molecule has 0 unspecified atom stereocenters. The van der Waals surface area contributed by atoms with Crippen LogP contribution < -0.4 is 20.3 Å². The lowest BCUT2D eigenvalue weighted by atomic mass is 10.1. The summed E-state index contributed by atoms with van der Waals surface area (Å²) in [5, 5.41) is 12.5. The molecule has 1 fully saturated rings. The Morgan fingerprint density at radius 2 is 2.00 bits per heavy atom. The van der Waals surface area contributed by atoms with E-state index in [0.717, 1.165) is 59.8 Å². The van der Waals surface area contributed by atoms with Crippen molar-refractivity contribution in [3.8, 4) is 5.75 Å². The van der Waals surface area contributed by atoms with Gasteiger partial charge in [-0.1, -0.05) is 0 Å². The van der Waals surface area contributed by atoms with Crippen LogP contribution in [0.3, 0.4) is 0 Å². The quantitative estimate of drug-likeness (QED) is 0.514. The Morgan fingerprint density at radius 3 is 2.77 bits per heavy atom. The van der Waals surface area contributed by atoms with Crippen molar-refractivity contribution in [3.05, 3.63) is 47.8 Å². The molecule has 0 atom stereocenters. The van der Waals surface area contributed by atoms with Gasteiger partial charge in [-0.15, -0.1) is 0 Å². The fraction of sp³-hybridized carbons (Fsp3) is 0.364. The molecule has 9 heteroatoms. The third kappa shape index (κ3) is 3.54. The van der Waals surface area contributed by atoms with E-state index in [1.807, 2.05) is 43.3 Å². The number of aromatic nitrogens is 4. The van der Waals surface area contributed by atoms with Crippen molar-refractivity contribution in [3.63, 3.8) is 0 Å². The number of halogens is 1. The number of hydrogen-bond donors (Lipinski definition) is 2. The molecule has 4 heterocycles. The average Bonchev–Trinajstić information content (AvgIpc) is 3.34. The first kappa shape index (κ1) is 19.6. The lowest BCUT2D eigenvalue weighted by Crippen LogP contribution is -2.43. The Balaban J connectivity index is 1.51. The van der Waals surface area contributed by atoms with Crippen molar-refractivity contribution >= 4 is 27.9 Å². The number of pyridine rings is 1. The maximum atomic E-state index is 14.5. The first-order chi connectivity index (χ1) is 15.0. The highest BCUT2D eigenvalue weighted by molar-refractivity contribution is 5.97. The molecule has 8 nitrogen and oxygen atoms in total. The summed E-state index contributed by atoms with van der Waals surface area (Å²) in [6.45, 7) is 6.06. The number of anilines is 2. The van der Waals surface area contributed by atoms with Gasteiger partial charge >= 0.3 is 0 Å². The number of benzene rings is 1. The van der Waals surface area contributed by atoms with E-state index in [-0.39, 0.29) is 5.82 Å². The van der Waals surface area contributed by atoms with Gasteiger partial charge in [0, 0.05) is 75.4 Å². The van der Waals surface area contributed by atoms with Crippen molar-refractivity contribution < 1.29 is 9.13 Å². The van der Waals surface area contributed by atoms with E-state index in [1.165, 1.54) is 6.07 Å². The number of nitrogens with zero attached hydrogens (tertiary/aromatic N) is 5. The zero-order valence-electron chi connectivity index (χ0n) is 17.9.